The van der Waals surface area contributed by atoms with Crippen molar-refractivity contribution in [3.8, 4) is 5.75 Å². The van der Waals surface area contributed by atoms with Crippen LogP contribution in [0.15, 0.2) is 103 Å². The van der Waals surface area contributed by atoms with Gasteiger partial charge in [0.25, 0.3) is 0 Å². The van der Waals surface area contributed by atoms with Crippen molar-refractivity contribution in [2.45, 2.75) is 17.5 Å². The molecule has 4 unspecified atom stereocenters. The Morgan fingerprint density at radius 3 is 1.56 bits per heavy atom. The quantitative estimate of drug-likeness (QED) is 0.112. The smallest absolute Gasteiger partial charge is 0.344 e. The van der Waals surface area contributed by atoms with Crippen LogP contribution in [-0.4, -0.2) is 68.7 Å². The second-order valence-electron chi connectivity index (χ2n) is 14.8. The van der Waals surface area contributed by atoms with Crippen molar-refractivity contribution < 1.29 is 48.1 Å². The molecule has 1 N–H and O–H groups in total. The molecule has 2 heterocycles. The summed E-state index contributed by atoms with van der Waals surface area (Å²) < 4.78 is 26.5. The highest BCUT2D eigenvalue weighted by Gasteiger charge is 2.83. The van der Waals surface area contributed by atoms with E-state index in [1.165, 1.54) is 19.3 Å². The lowest BCUT2D eigenvalue weighted by Gasteiger charge is -2.48. The van der Waals surface area contributed by atoms with Gasteiger partial charge in [0, 0.05) is 0 Å². The van der Waals surface area contributed by atoms with Gasteiger partial charge in [-0.2, -0.15) is 5.06 Å². The van der Waals surface area contributed by atoms with Crippen molar-refractivity contribution in [1.29, 1.82) is 0 Å². The third-order valence-corrected chi connectivity index (χ3v) is 12.9. The summed E-state index contributed by atoms with van der Waals surface area (Å²) in [5.74, 6) is -6.39. The normalized spacial score (nSPS) is 28.4. The highest BCUT2D eigenvalue weighted by Crippen LogP contribution is 2.80. The lowest BCUT2D eigenvalue weighted by atomic mass is 9.52. The molecule has 1 saturated heterocycles. The molecule has 5 aromatic carbocycles. The summed E-state index contributed by atoms with van der Waals surface area (Å²) in [6.07, 6.45) is 0.426. The van der Waals surface area contributed by atoms with Gasteiger partial charge >= 0.3 is 23.9 Å². The number of benzene rings is 5. The van der Waals surface area contributed by atoms with Gasteiger partial charge in [-0.3, -0.25) is 9.59 Å². The van der Waals surface area contributed by atoms with Gasteiger partial charge in [0.2, 0.25) is 0 Å². The van der Waals surface area contributed by atoms with Gasteiger partial charge in [-0.05, 0) is 86.0 Å². The van der Waals surface area contributed by atoms with Crippen LogP contribution < -0.4 is 4.74 Å². The molecular weight excluding hydrogens is 702 g/mol. The number of hydrogen-bond acceptors (Lipinski definition) is 11. The first-order valence-electron chi connectivity index (χ1n) is 18.4. The van der Waals surface area contributed by atoms with Gasteiger partial charge in [-0.15, -0.1) is 0 Å². The standard InChI is InChI=1S/C44H39NO10/c1-51-26-18-19-28-27-16-10-11-17-29(27)37-38(30(28)20-26)44(25-14-8-5-9-15-25)40-32-21-31(39(40)43(37,45(44)50)24-12-6-4-7-13-24)35(41(48)54-22-33(46)52-2)36(32)42(49)55-23-34(47)53-3/h4-20,31-32,35-36,39-40,50H,21-23H2,1-3H3/t31-,32+,35?,36?,39?,40?,43-,44+/m0/s1. The van der Waals surface area contributed by atoms with Crippen molar-refractivity contribution in [3.63, 3.8) is 0 Å². The lowest BCUT2D eigenvalue weighted by molar-refractivity contribution is -0.193. The average molecular weight is 742 g/mol. The van der Waals surface area contributed by atoms with Gasteiger partial charge in [-0.25, -0.2) is 9.59 Å². The van der Waals surface area contributed by atoms with Crippen LogP contribution >= 0.6 is 0 Å². The summed E-state index contributed by atoms with van der Waals surface area (Å²) >= 11 is 0. The monoisotopic (exact) mass is 741 g/mol. The van der Waals surface area contributed by atoms with Crippen molar-refractivity contribution in [1.82, 2.24) is 5.06 Å². The minimum atomic E-state index is -1.24. The molecule has 2 saturated carbocycles. The van der Waals surface area contributed by atoms with E-state index in [1.807, 2.05) is 84.9 Å². The van der Waals surface area contributed by atoms with Crippen LogP contribution in [0.5, 0.6) is 5.75 Å². The molecular formula is C44H39NO10. The fourth-order valence-electron chi connectivity index (χ4n) is 11.3. The van der Waals surface area contributed by atoms with Gasteiger partial charge < -0.3 is 28.9 Å². The Hall–Kier alpha value is -5.78. The molecule has 8 atom stereocenters. The highest BCUT2D eigenvalue weighted by molar-refractivity contribution is 6.13. The molecule has 9 rings (SSSR count). The van der Waals surface area contributed by atoms with Crippen LogP contribution in [0.25, 0.3) is 21.5 Å². The molecule has 280 valence electrons. The molecule has 3 fully saturated rings. The minimum absolute atomic E-state index is 0.426. The number of methoxy groups -OCH3 is 3. The van der Waals surface area contributed by atoms with E-state index in [1.54, 1.807) is 7.11 Å². The fourth-order valence-corrected chi connectivity index (χ4v) is 11.3. The number of nitrogens with zero attached hydrogens (tertiary/aromatic N) is 1. The molecule has 0 amide bonds. The summed E-state index contributed by atoms with van der Waals surface area (Å²) in [5, 5.41) is 18.9. The van der Waals surface area contributed by atoms with E-state index >= 15 is 0 Å². The Morgan fingerprint density at radius 1 is 0.618 bits per heavy atom. The topological polar surface area (TPSA) is 138 Å². The van der Waals surface area contributed by atoms with E-state index in [2.05, 4.69) is 18.2 Å². The van der Waals surface area contributed by atoms with E-state index in [9.17, 15) is 24.4 Å². The first-order chi connectivity index (χ1) is 26.7. The van der Waals surface area contributed by atoms with Crippen molar-refractivity contribution in [2.24, 2.45) is 35.5 Å². The maximum Gasteiger partial charge on any atom is 0.344 e. The Morgan fingerprint density at radius 2 is 1.07 bits per heavy atom. The van der Waals surface area contributed by atoms with Crippen LogP contribution in [0.3, 0.4) is 0 Å². The largest absolute Gasteiger partial charge is 0.497 e. The van der Waals surface area contributed by atoms with Crippen molar-refractivity contribution in [2.75, 3.05) is 34.5 Å². The van der Waals surface area contributed by atoms with Crippen LogP contribution in [-0.2, 0) is 49.2 Å². The van der Waals surface area contributed by atoms with E-state index in [-0.39, 0.29) is 0 Å². The second kappa shape index (κ2) is 12.9. The molecule has 2 aliphatic carbocycles. The number of carbonyl (C=O) groups excluding carboxylic acids is 4. The molecule has 0 aromatic heterocycles. The predicted molar refractivity (Wildman–Crippen MR) is 198 cm³/mol. The molecule has 4 bridgehead atoms. The van der Waals surface area contributed by atoms with E-state index in [0.717, 1.165) is 43.8 Å². The van der Waals surface area contributed by atoms with Gasteiger partial charge in [-0.1, -0.05) is 91.0 Å². The van der Waals surface area contributed by atoms with Gasteiger partial charge in [0.15, 0.2) is 13.2 Å². The Kier molecular flexibility index (Phi) is 8.21. The third kappa shape index (κ3) is 4.56. The zero-order valence-corrected chi connectivity index (χ0v) is 30.5. The Labute approximate surface area is 316 Å². The molecule has 0 spiro atoms. The summed E-state index contributed by atoms with van der Waals surface area (Å²) in [7, 11) is 4.02. The van der Waals surface area contributed by atoms with Gasteiger partial charge in [0.05, 0.1) is 33.2 Å². The molecule has 11 heteroatoms. The first kappa shape index (κ1) is 35.0. The molecule has 11 nitrogen and oxygen atoms in total. The van der Waals surface area contributed by atoms with Crippen molar-refractivity contribution in [3.05, 3.63) is 125 Å². The highest BCUT2D eigenvalue weighted by atomic mass is 16.6. The van der Waals surface area contributed by atoms with Crippen LogP contribution in [0.4, 0.5) is 0 Å². The number of carbonyl (C=O) groups is 4. The fraction of sp³-hybridized carbons (Fsp3) is 0.318. The summed E-state index contributed by atoms with van der Waals surface area (Å²) in [6, 6.07) is 33.9. The number of rotatable bonds is 9. The van der Waals surface area contributed by atoms with Crippen LogP contribution in [0.2, 0.25) is 0 Å². The van der Waals surface area contributed by atoms with Crippen LogP contribution in [0, 0.1) is 35.5 Å². The third-order valence-electron chi connectivity index (χ3n) is 12.9. The zero-order chi connectivity index (χ0) is 38.2. The van der Waals surface area contributed by atoms with E-state index in [0.29, 0.717) is 12.2 Å². The zero-order valence-electron chi connectivity index (χ0n) is 30.5. The first-order valence-corrected chi connectivity index (χ1v) is 18.4. The minimum Gasteiger partial charge on any atom is -0.497 e. The summed E-state index contributed by atoms with van der Waals surface area (Å²) in [4.78, 5) is 53.1. The maximum absolute atomic E-state index is 14.3. The molecule has 5 aromatic rings. The molecule has 0 radical (unpaired) electrons. The number of hydrogen-bond donors (Lipinski definition) is 1. The maximum atomic E-state index is 14.3. The summed E-state index contributed by atoms with van der Waals surface area (Å²) in [6.45, 7) is -1.27. The molecule has 4 aliphatic rings. The lowest BCUT2D eigenvalue weighted by Crippen LogP contribution is -2.52. The average Bonchev–Trinajstić information content (AvgIpc) is 3.94. The Balaban J connectivity index is 1.38. The Bertz CT molecular complexity index is 2380. The van der Waals surface area contributed by atoms with Crippen molar-refractivity contribution >= 4 is 45.4 Å². The number of fused-ring (bicyclic) bond motifs is 17. The SMILES string of the molecule is COC(=O)COC(=O)C1C(C(=O)OCC(=O)OC)[C@@H]2C[C@H]1C1C2[C@]2(c3ccccc3)c3c(c4cc(OC)ccc4c4ccccc34)[C@@]1(c1ccccc1)N2O. The second-order valence-corrected chi connectivity index (χ2v) is 14.8. The molecule has 2 aliphatic heterocycles. The number of hydroxylamine groups is 2. The summed E-state index contributed by atoms with van der Waals surface area (Å²) in [5.41, 5.74) is 1.000. The molecule has 55 heavy (non-hydrogen) atoms. The van der Waals surface area contributed by atoms with E-state index < -0.39 is 83.7 Å². The predicted octanol–water partition coefficient (Wildman–Crippen LogP) is 5.75. The van der Waals surface area contributed by atoms with Crippen LogP contribution in [0.1, 0.15) is 28.7 Å². The van der Waals surface area contributed by atoms with E-state index in [4.69, 9.17) is 23.7 Å². The van der Waals surface area contributed by atoms with Gasteiger partial charge in [0.1, 0.15) is 16.8 Å². The number of ether oxygens (including phenoxy) is 5. The number of esters is 4.